The van der Waals surface area contributed by atoms with Crippen LogP contribution in [0.15, 0.2) is 35.3 Å². The summed E-state index contributed by atoms with van der Waals surface area (Å²) in [6.07, 6.45) is 1.60. The predicted octanol–water partition coefficient (Wildman–Crippen LogP) is 0.218. The number of nitrogens with zero attached hydrogens (tertiary/aromatic N) is 4. The molecule has 0 unspecified atom stereocenters. The van der Waals surface area contributed by atoms with E-state index in [0.717, 1.165) is 25.2 Å². The molecule has 0 saturated carbocycles. The maximum absolute atomic E-state index is 12.3. The summed E-state index contributed by atoms with van der Waals surface area (Å²) >= 11 is 0. The van der Waals surface area contributed by atoms with Gasteiger partial charge in [-0.05, 0) is 12.1 Å². The monoisotopic (exact) mass is 368 g/mol. The largest absolute Gasteiger partial charge is 0.379 e. The van der Waals surface area contributed by atoms with Crippen LogP contribution in [0.2, 0.25) is 0 Å². The van der Waals surface area contributed by atoms with Crippen molar-refractivity contribution in [3.8, 4) is 11.3 Å². The van der Waals surface area contributed by atoms with Crippen LogP contribution in [0.4, 0.5) is 0 Å². The molecule has 3 heterocycles. The molecule has 9 heteroatoms. The zero-order chi connectivity index (χ0) is 18.8. The van der Waals surface area contributed by atoms with Gasteiger partial charge in [0.25, 0.3) is 0 Å². The number of aromatic nitrogens is 4. The number of nitrogens with one attached hydrogen (secondary N) is 1. The number of hydrogen-bond donors (Lipinski definition) is 2. The lowest BCUT2D eigenvalue weighted by atomic mass is 10.1. The molecule has 1 saturated heterocycles. The van der Waals surface area contributed by atoms with Gasteiger partial charge in [-0.2, -0.15) is 0 Å². The number of rotatable bonds is 5. The fraction of sp³-hybridized carbons (Fsp3) is 0.333. The van der Waals surface area contributed by atoms with E-state index in [-0.39, 0.29) is 5.69 Å². The van der Waals surface area contributed by atoms with Gasteiger partial charge >= 0.3 is 5.69 Å². The van der Waals surface area contributed by atoms with Gasteiger partial charge in [-0.15, -0.1) is 0 Å². The number of ether oxygens (including phenoxy) is 1. The Kier molecular flexibility index (Phi) is 4.69. The summed E-state index contributed by atoms with van der Waals surface area (Å²) in [5, 5.41) is 0. The first kappa shape index (κ1) is 17.4. The van der Waals surface area contributed by atoms with Gasteiger partial charge in [-0.3, -0.25) is 19.2 Å². The van der Waals surface area contributed by atoms with Crippen LogP contribution >= 0.6 is 0 Å². The molecule has 0 spiro atoms. The van der Waals surface area contributed by atoms with Crippen LogP contribution in [0.25, 0.3) is 22.6 Å². The highest BCUT2D eigenvalue weighted by atomic mass is 16.5. The number of carbonyl (C=O) groups excluding carboxylic acids is 1. The minimum absolute atomic E-state index is 0.223. The number of morpholine rings is 1. The van der Waals surface area contributed by atoms with Crippen molar-refractivity contribution < 1.29 is 9.53 Å². The number of primary amides is 1. The Hall–Kier alpha value is -3.04. The van der Waals surface area contributed by atoms with Crippen molar-refractivity contribution in [2.45, 2.75) is 6.54 Å². The van der Waals surface area contributed by atoms with Crippen molar-refractivity contribution in [2.24, 2.45) is 5.73 Å². The fourth-order valence-corrected chi connectivity index (χ4v) is 3.14. The van der Waals surface area contributed by atoms with Gasteiger partial charge in [0.15, 0.2) is 11.3 Å². The van der Waals surface area contributed by atoms with E-state index in [4.69, 9.17) is 10.5 Å². The van der Waals surface area contributed by atoms with Gasteiger partial charge in [-0.25, -0.2) is 14.8 Å². The molecule has 2 aromatic heterocycles. The Bertz CT molecular complexity index is 1020. The van der Waals surface area contributed by atoms with Gasteiger partial charge in [0.2, 0.25) is 5.91 Å². The van der Waals surface area contributed by atoms with E-state index in [2.05, 4.69) is 19.9 Å². The lowest BCUT2D eigenvalue weighted by Crippen LogP contribution is -2.39. The average Bonchev–Trinajstić information content (AvgIpc) is 3.01. The molecule has 3 N–H and O–H groups in total. The van der Waals surface area contributed by atoms with Crippen molar-refractivity contribution in [3.05, 3.63) is 46.5 Å². The molecule has 1 aliphatic heterocycles. The Balaban J connectivity index is 1.62. The average molecular weight is 368 g/mol. The first-order valence-corrected chi connectivity index (χ1v) is 8.78. The third kappa shape index (κ3) is 3.60. The van der Waals surface area contributed by atoms with Gasteiger partial charge in [0.1, 0.15) is 0 Å². The number of fused-ring (bicyclic) bond motifs is 1. The molecule has 9 nitrogen and oxygen atoms in total. The Morgan fingerprint density at radius 3 is 2.63 bits per heavy atom. The van der Waals surface area contributed by atoms with E-state index >= 15 is 0 Å². The summed E-state index contributed by atoms with van der Waals surface area (Å²) in [7, 11) is 0. The maximum Gasteiger partial charge on any atom is 0.328 e. The third-order valence-corrected chi connectivity index (χ3v) is 4.69. The molecule has 140 valence electrons. The number of imidazole rings is 1. The lowest BCUT2D eigenvalue weighted by Gasteiger charge is -2.26. The molecule has 3 aromatic rings. The van der Waals surface area contributed by atoms with Crippen molar-refractivity contribution >= 4 is 17.2 Å². The van der Waals surface area contributed by atoms with E-state index in [0.29, 0.717) is 42.3 Å². The van der Waals surface area contributed by atoms with Crippen LogP contribution in [0.1, 0.15) is 10.4 Å². The highest BCUT2D eigenvalue weighted by Gasteiger charge is 2.14. The zero-order valence-electron chi connectivity index (χ0n) is 14.7. The second-order valence-corrected chi connectivity index (χ2v) is 6.40. The zero-order valence-corrected chi connectivity index (χ0v) is 14.7. The quantitative estimate of drug-likeness (QED) is 0.665. The fourth-order valence-electron chi connectivity index (χ4n) is 3.14. The summed E-state index contributed by atoms with van der Waals surface area (Å²) in [4.78, 5) is 37.5. The predicted molar refractivity (Wildman–Crippen MR) is 99.4 cm³/mol. The van der Waals surface area contributed by atoms with Gasteiger partial charge in [-0.1, -0.05) is 12.1 Å². The first-order chi connectivity index (χ1) is 13.1. The molecule has 1 fully saturated rings. The molecule has 1 amide bonds. The number of hydrogen-bond acceptors (Lipinski definition) is 6. The topological polar surface area (TPSA) is 119 Å². The first-order valence-electron chi connectivity index (χ1n) is 8.78. The van der Waals surface area contributed by atoms with E-state index < -0.39 is 5.91 Å². The molecule has 0 radical (unpaired) electrons. The minimum atomic E-state index is -0.481. The van der Waals surface area contributed by atoms with Crippen molar-refractivity contribution in [2.75, 3.05) is 32.8 Å². The normalized spacial score (nSPS) is 15.3. The van der Waals surface area contributed by atoms with Gasteiger partial charge < -0.3 is 10.5 Å². The number of aromatic amines is 1. The number of benzene rings is 1. The molecule has 0 atom stereocenters. The van der Waals surface area contributed by atoms with Crippen molar-refractivity contribution in [1.29, 1.82) is 0 Å². The highest BCUT2D eigenvalue weighted by molar-refractivity contribution is 5.93. The Labute approximate surface area is 154 Å². The number of nitrogens with two attached hydrogens (primary N) is 1. The molecule has 0 bridgehead atoms. The van der Waals surface area contributed by atoms with Crippen LogP contribution in [0, 0.1) is 0 Å². The SMILES string of the molecule is NC(=O)c1ccc(-c2cnc3[nH]c(=O)n(CCN4CCOCC4)c3n2)cc1. The number of carbonyl (C=O) groups is 1. The van der Waals surface area contributed by atoms with Crippen molar-refractivity contribution in [3.63, 3.8) is 0 Å². The molecule has 0 aliphatic carbocycles. The molecule has 1 aromatic carbocycles. The van der Waals surface area contributed by atoms with Crippen LogP contribution < -0.4 is 11.4 Å². The smallest absolute Gasteiger partial charge is 0.328 e. The van der Waals surface area contributed by atoms with Gasteiger partial charge in [0, 0.05) is 37.3 Å². The van der Waals surface area contributed by atoms with E-state index in [1.54, 1.807) is 35.0 Å². The van der Waals surface area contributed by atoms with Crippen LogP contribution in [-0.2, 0) is 11.3 Å². The molecule has 1 aliphatic rings. The highest BCUT2D eigenvalue weighted by Crippen LogP contribution is 2.19. The maximum atomic E-state index is 12.3. The molecular weight excluding hydrogens is 348 g/mol. The summed E-state index contributed by atoms with van der Waals surface area (Å²) in [5.74, 6) is -0.481. The summed E-state index contributed by atoms with van der Waals surface area (Å²) in [6, 6.07) is 6.82. The van der Waals surface area contributed by atoms with E-state index in [1.165, 1.54) is 0 Å². The molecule has 4 rings (SSSR count). The van der Waals surface area contributed by atoms with Crippen LogP contribution in [-0.4, -0.2) is 63.2 Å². The standard InChI is InChI=1S/C18H20N6O3/c19-15(25)13-3-1-12(2-4-13)14-11-20-16-17(21-14)24(18(26)22-16)6-5-23-7-9-27-10-8-23/h1-4,11H,5-10H2,(H2,19,25)(H,20,22,26). The van der Waals surface area contributed by atoms with E-state index in [9.17, 15) is 9.59 Å². The molecular formula is C18H20N6O3. The minimum Gasteiger partial charge on any atom is -0.379 e. The van der Waals surface area contributed by atoms with E-state index in [1.807, 2.05) is 0 Å². The van der Waals surface area contributed by atoms with Crippen LogP contribution in [0.3, 0.4) is 0 Å². The lowest BCUT2D eigenvalue weighted by molar-refractivity contribution is 0.0364. The summed E-state index contributed by atoms with van der Waals surface area (Å²) in [5.41, 5.74) is 7.87. The third-order valence-electron chi connectivity index (χ3n) is 4.69. The van der Waals surface area contributed by atoms with Crippen LogP contribution in [0.5, 0.6) is 0 Å². The summed E-state index contributed by atoms with van der Waals surface area (Å²) in [6.45, 7) is 4.43. The van der Waals surface area contributed by atoms with Gasteiger partial charge in [0.05, 0.1) is 25.1 Å². The number of H-pyrrole nitrogens is 1. The number of amides is 1. The summed E-state index contributed by atoms with van der Waals surface area (Å²) < 4.78 is 6.96. The molecule has 27 heavy (non-hydrogen) atoms. The van der Waals surface area contributed by atoms with Crippen molar-refractivity contribution in [1.82, 2.24) is 24.4 Å². The Morgan fingerprint density at radius 1 is 1.19 bits per heavy atom. The Morgan fingerprint density at radius 2 is 1.93 bits per heavy atom. The second-order valence-electron chi connectivity index (χ2n) is 6.40. The second kappa shape index (κ2) is 7.29.